The second-order valence-corrected chi connectivity index (χ2v) is 6.61. The number of ether oxygens (including phenoxy) is 1. The number of nitrogens with zero attached hydrogens (tertiary/aromatic N) is 1. The minimum absolute atomic E-state index is 0.0512. The van der Waals surface area contributed by atoms with E-state index < -0.39 is 10.8 Å². The highest BCUT2D eigenvalue weighted by Gasteiger charge is 2.15. The molecular weight excluding hydrogens is 407 g/mol. The van der Waals surface area contributed by atoms with E-state index in [0.717, 1.165) is 5.56 Å². The van der Waals surface area contributed by atoms with Gasteiger partial charge in [0.15, 0.2) is 5.76 Å². The molecule has 0 atom stereocenters. The molecule has 0 aliphatic rings. The molecule has 0 bridgehead atoms. The van der Waals surface area contributed by atoms with Crippen LogP contribution < -0.4 is 10.1 Å². The molecule has 2 aromatic carbocycles. The minimum Gasteiger partial charge on any atom is -0.484 e. The third-order valence-corrected chi connectivity index (χ3v) is 4.62. The van der Waals surface area contributed by atoms with Crippen LogP contribution in [-0.4, -0.2) is 10.8 Å². The van der Waals surface area contributed by atoms with Crippen LogP contribution in [-0.2, 0) is 6.61 Å². The van der Waals surface area contributed by atoms with E-state index in [2.05, 4.69) is 5.32 Å². The smallest absolute Gasteiger partial charge is 0.291 e. The van der Waals surface area contributed by atoms with Crippen molar-refractivity contribution in [2.45, 2.75) is 13.5 Å². The van der Waals surface area contributed by atoms with Crippen molar-refractivity contribution in [2.75, 3.05) is 5.32 Å². The normalized spacial score (nSPS) is 10.5. The van der Waals surface area contributed by atoms with Crippen molar-refractivity contribution in [1.29, 1.82) is 0 Å². The Hall–Kier alpha value is -3.03. The van der Waals surface area contributed by atoms with Gasteiger partial charge in [0.25, 0.3) is 11.6 Å². The van der Waals surface area contributed by atoms with Gasteiger partial charge in [-0.25, -0.2) is 0 Å². The van der Waals surface area contributed by atoms with Crippen LogP contribution in [0.1, 0.15) is 21.9 Å². The van der Waals surface area contributed by atoms with E-state index in [1.165, 1.54) is 24.3 Å². The van der Waals surface area contributed by atoms with Crippen molar-refractivity contribution in [3.63, 3.8) is 0 Å². The Bertz CT molecular complexity index is 1050. The van der Waals surface area contributed by atoms with Crippen molar-refractivity contribution in [3.05, 3.63) is 85.8 Å². The van der Waals surface area contributed by atoms with E-state index in [-0.39, 0.29) is 28.8 Å². The molecule has 3 aromatic rings. The molecule has 144 valence electrons. The summed E-state index contributed by atoms with van der Waals surface area (Å²) in [4.78, 5) is 22.7. The number of halogens is 2. The number of furan rings is 1. The third kappa shape index (κ3) is 4.44. The lowest BCUT2D eigenvalue weighted by molar-refractivity contribution is -0.384. The van der Waals surface area contributed by atoms with Crippen LogP contribution in [0.15, 0.2) is 52.9 Å². The van der Waals surface area contributed by atoms with Crippen LogP contribution in [0.3, 0.4) is 0 Å². The van der Waals surface area contributed by atoms with Crippen molar-refractivity contribution in [3.8, 4) is 5.75 Å². The second-order valence-electron chi connectivity index (χ2n) is 5.79. The molecule has 0 saturated carbocycles. The molecule has 0 unspecified atom stereocenters. The average Bonchev–Trinajstić information content (AvgIpc) is 3.14. The molecule has 0 aliphatic heterocycles. The molecule has 9 heteroatoms. The van der Waals surface area contributed by atoms with Crippen molar-refractivity contribution < 1.29 is 18.9 Å². The number of carbonyl (C=O) groups excluding carboxylic acids is 1. The molecule has 3 rings (SSSR count). The Morgan fingerprint density at radius 1 is 1.18 bits per heavy atom. The number of hydrogen-bond donors (Lipinski definition) is 1. The van der Waals surface area contributed by atoms with Gasteiger partial charge in [0.05, 0.1) is 16.0 Å². The lowest BCUT2D eigenvalue weighted by atomic mass is 10.2. The van der Waals surface area contributed by atoms with E-state index in [4.69, 9.17) is 32.4 Å². The molecule has 1 amide bonds. The summed E-state index contributed by atoms with van der Waals surface area (Å²) in [7, 11) is 0. The Labute approximate surface area is 170 Å². The first-order valence-electron chi connectivity index (χ1n) is 8.07. The van der Waals surface area contributed by atoms with Gasteiger partial charge in [0.1, 0.15) is 18.1 Å². The Morgan fingerprint density at radius 2 is 1.96 bits per heavy atom. The highest BCUT2D eigenvalue weighted by atomic mass is 35.5. The van der Waals surface area contributed by atoms with Gasteiger partial charge in [0.2, 0.25) is 0 Å². The van der Waals surface area contributed by atoms with Gasteiger partial charge in [-0.1, -0.05) is 29.3 Å². The van der Waals surface area contributed by atoms with Gasteiger partial charge < -0.3 is 14.5 Å². The average molecular weight is 421 g/mol. The van der Waals surface area contributed by atoms with E-state index in [0.29, 0.717) is 16.5 Å². The summed E-state index contributed by atoms with van der Waals surface area (Å²) < 4.78 is 11.0. The standard InChI is InChI=1S/C19H14Cl2N2O5/c1-11-14(20)3-2-4-16(11)22-19(24)17-8-6-13(28-17)10-27-18-9-12(23(25)26)5-7-15(18)21/h2-9H,10H2,1H3,(H,22,24). The van der Waals surface area contributed by atoms with E-state index in [9.17, 15) is 14.9 Å². The summed E-state index contributed by atoms with van der Waals surface area (Å²) in [6, 6.07) is 12.2. The zero-order valence-corrected chi connectivity index (χ0v) is 16.1. The third-order valence-electron chi connectivity index (χ3n) is 3.90. The van der Waals surface area contributed by atoms with Crippen LogP contribution in [0.2, 0.25) is 10.0 Å². The molecule has 0 spiro atoms. The van der Waals surface area contributed by atoms with Gasteiger partial charge in [-0.05, 0) is 42.8 Å². The molecule has 1 aromatic heterocycles. The fourth-order valence-corrected chi connectivity index (χ4v) is 2.72. The van der Waals surface area contributed by atoms with Gasteiger partial charge in [-0.3, -0.25) is 14.9 Å². The van der Waals surface area contributed by atoms with Crippen LogP contribution in [0.5, 0.6) is 5.75 Å². The Balaban J connectivity index is 1.67. The van der Waals surface area contributed by atoms with Crippen molar-refractivity contribution in [1.82, 2.24) is 0 Å². The predicted molar refractivity (Wildman–Crippen MR) is 105 cm³/mol. The van der Waals surface area contributed by atoms with Gasteiger partial charge in [-0.2, -0.15) is 0 Å². The second kappa shape index (κ2) is 8.33. The van der Waals surface area contributed by atoms with Crippen molar-refractivity contribution in [2.24, 2.45) is 0 Å². The number of nitro benzene ring substituents is 1. The highest BCUT2D eigenvalue weighted by Crippen LogP contribution is 2.30. The zero-order valence-electron chi connectivity index (χ0n) is 14.6. The maximum absolute atomic E-state index is 12.4. The molecule has 0 saturated heterocycles. The topological polar surface area (TPSA) is 94.6 Å². The number of anilines is 1. The number of non-ortho nitro benzene ring substituents is 1. The molecule has 1 N–H and O–H groups in total. The first-order chi connectivity index (χ1) is 13.3. The molecule has 1 heterocycles. The highest BCUT2D eigenvalue weighted by molar-refractivity contribution is 6.32. The van der Waals surface area contributed by atoms with Crippen LogP contribution in [0.25, 0.3) is 0 Å². The zero-order chi connectivity index (χ0) is 20.3. The summed E-state index contributed by atoms with van der Waals surface area (Å²) in [6.45, 7) is 1.74. The van der Waals surface area contributed by atoms with Gasteiger partial charge in [0, 0.05) is 16.8 Å². The Morgan fingerprint density at radius 3 is 2.71 bits per heavy atom. The number of carbonyl (C=O) groups is 1. The maximum Gasteiger partial charge on any atom is 0.291 e. The molecular formula is C19H14Cl2N2O5. The summed E-state index contributed by atoms with van der Waals surface area (Å²) in [5.41, 5.74) is 1.18. The number of benzene rings is 2. The summed E-state index contributed by atoms with van der Waals surface area (Å²) in [6.07, 6.45) is 0. The number of nitro groups is 1. The van der Waals surface area contributed by atoms with E-state index in [1.54, 1.807) is 31.2 Å². The summed E-state index contributed by atoms with van der Waals surface area (Å²) in [5.74, 6) is 0.150. The fraction of sp³-hybridized carbons (Fsp3) is 0.105. The number of amides is 1. The van der Waals surface area contributed by atoms with Crippen molar-refractivity contribution >= 4 is 40.5 Å². The lowest BCUT2D eigenvalue weighted by Gasteiger charge is -2.08. The predicted octanol–water partition coefficient (Wildman–Crippen LogP) is 5.63. The molecule has 0 radical (unpaired) electrons. The lowest BCUT2D eigenvalue weighted by Crippen LogP contribution is -2.12. The summed E-state index contributed by atoms with van der Waals surface area (Å²) in [5, 5.41) is 14.3. The molecule has 0 aliphatic carbocycles. The van der Waals surface area contributed by atoms with Crippen LogP contribution in [0.4, 0.5) is 11.4 Å². The van der Waals surface area contributed by atoms with Gasteiger partial charge in [-0.15, -0.1) is 0 Å². The van der Waals surface area contributed by atoms with Crippen LogP contribution in [0, 0.1) is 17.0 Å². The molecule has 7 nitrogen and oxygen atoms in total. The largest absolute Gasteiger partial charge is 0.484 e. The first kappa shape index (κ1) is 19.7. The molecule has 28 heavy (non-hydrogen) atoms. The van der Waals surface area contributed by atoms with Gasteiger partial charge >= 0.3 is 0 Å². The number of nitrogens with one attached hydrogen (secondary N) is 1. The van der Waals surface area contributed by atoms with E-state index in [1.807, 2.05) is 0 Å². The van der Waals surface area contributed by atoms with Crippen LogP contribution >= 0.6 is 23.2 Å². The quantitative estimate of drug-likeness (QED) is 0.411. The number of rotatable bonds is 6. The monoisotopic (exact) mass is 420 g/mol. The number of hydrogen-bond acceptors (Lipinski definition) is 5. The minimum atomic E-state index is -0.545. The van der Waals surface area contributed by atoms with E-state index >= 15 is 0 Å². The maximum atomic E-state index is 12.4. The summed E-state index contributed by atoms with van der Waals surface area (Å²) >= 11 is 12.0. The fourth-order valence-electron chi connectivity index (χ4n) is 2.37. The SMILES string of the molecule is Cc1c(Cl)cccc1NC(=O)c1ccc(COc2cc([N+](=O)[O-])ccc2Cl)o1. The first-order valence-corrected chi connectivity index (χ1v) is 8.82. The Kier molecular flexibility index (Phi) is 5.87. The molecule has 0 fully saturated rings.